The Balaban J connectivity index is 1.56. The van der Waals surface area contributed by atoms with Crippen molar-refractivity contribution in [2.45, 2.75) is 25.0 Å². The lowest BCUT2D eigenvalue weighted by molar-refractivity contribution is -0.143. The number of hydrogen-bond donors (Lipinski definition) is 3. The Bertz CT molecular complexity index is 972. The van der Waals surface area contributed by atoms with Gasteiger partial charge >= 0.3 is 11.9 Å². The second-order valence-corrected chi connectivity index (χ2v) is 6.74. The number of carbonyl (C=O) groups is 4. The predicted octanol–water partition coefficient (Wildman–Crippen LogP) is 0.964. The fraction of sp³-hybridized carbons (Fsp3) is 0.238. The number of primary amides is 1. The van der Waals surface area contributed by atoms with Gasteiger partial charge in [-0.15, -0.1) is 0 Å². The lowest BCUT2D eigenvalue weighted by Gasteiger charge is -2.25. The molecular formula is C21H20N2O7. The highest BCUT2D eigenvalue weighted by Crippen LogP contribution is 2.31. The Morgan fingerprint density at radius 1 is 1.17 bits per heavy atom. The molecule has 0 radical (unpaired) electrons. The van der Waals surface area contributed by atoms with E-state index in [1.807, 2.05) is 12.1 Å². The van der Waals surface area contributed by atoms with Gasteiger partial charge in [0.05, 0.1) is 12.0 Å². The standard InChI is InChI=1S/C21H20N2O7/c22-18(24)10-16(20(26)27)23-19(25)11-29-14-7-5-12(6-8-14)17-9-13-3-1-2-4-15(13)21(28)30-17/h1-8,16-17H,9-11H2,(H2,22,24)(H,23,25)(H,26,27)/t16-,17+/m0/s1. The van der Waals surface area contributed by atoms with Crippen molar-refractivity contribution in [3.8, 4) is 5.75 Å². The second-order valence-electron chi connectivity index (χ2n) is 6.74. The Morgan fingerprint density at radius 3 is 2.53 bits per heavy atom. The lowest BCUT2D eigenvalue weighted by atomic mass is 9.95. The van der Waals surface area contributed by atoms with E-state index < -0.39 is 43.0 Å². The van der Waals surface area contributed by atoms with Gasteiger partial charge in [0.1, 0.15) is 17.9 Å². The smallest absolute Gasteiger partial charge is 0.339 e. The maximum Gasteiger partial charge on any atom is 0.339 e. The molecule has 4 N–H and O–H groups in total. The van der Waals surface area contributed by atoms with E-state index in [-0.39, 0.29) is 5.97 Å². The highest BCUT2D eigenvalue weighted by Gasteiger charge is 2.27. The van der Waals surface area contributed by atoms with Crippen molar-refractivity contribution in [1.29, 1.82) is 0 Å². The van der Waals surface area contributed by atoms with Crippen LogP contribution in [-0.4, -0.2) is 41.5 Å². The molecule has 0 spiro atoms. The molecule has 2 atom stereocenters. The van der Waals surface area contributed by atoms with Crippen molar-refractivity contribution in [1.82, 2.24) is 5.32 Å². The average Bonchev–Trinajstić information content (AvgIpc) is 2.72. The van der Waals surface area contributed by atoms with Crippen LogP contribution in [-0.2, 0) is 25.5 Å². The summed E-state index contributed by atoms with van der Waals surface area (Å²) < 4.78 is 10.8. The van der Waals surface area contributed by atoms with Crippen LogP contribution >= 0.6 is 0 Å². The molecule has 30 heavy (non-hydrogen) atoms. The molecule has 3 rings (SSSR count). The minimum Gasteiger partial charge on any atom is -0.484 e. The normalized spacial score (nSPS) is 16.0. The SMILES string of the molecule is NC(=O)C[C@H](NC(=O)COc1ccc([C@H]2Cc3ccccc3C(=O)O2)cc1)C(=O)O. The van der Waals surface area contributed by atoms with Crippen LogP contribution in [0.15, 0.2) is 48.5 Å². The first kappa shape index (κ1) is 20.8. The zero-order chi connectivity index (χ0) is 21.7. The van der Waals surface area contributed by atoms with E-state index in [1.54, 1.807) is 36.4 Å². The van der Waals surface area contributed by atoms with Crippen molar-refractivity contribution in [3.63, 3.8) is 0 Å². The van der Waals surface area contributed by atoms with Gasteiger partial charge in [0, 0.05) is 6.42 Å². The molecule has 0 saturated heterocycles. The minimum atomic E-state index is -1.41. The van der Waals surface area contributed by atoms with Gasteiger partial charge in [-0.3, -0.25) is 9.59 Å². The van der Waals surface area contributed by atoms with E-state index in [4.69, 9.17) is 20.3 Å². The third kappa shape index (κ3) is 5.13. The maximum atomic E-state index is 12.2. The highest BCUT2D eigenvalue weighted by molar-refractivity contribution is 5.92. The van der Waals surface area contributed by atoms with Crippen LogP contribution in [0.1, 0.15) is 34.0 Å². The number of ether oxygens (including phenoxy) is 2. The molecule has 0 fully saturated rings. The van der Waals surface area contributed by atoms with Crippen molar-refractivity contribution >= 4 is 23.8 Å². The summed E-state index contributed by atoms with van der Waals surface area (Å²) in [6, 6.07) is 12.6. The maximum absolute atomic E-state index is 12.2. The molecule has 1 aliphatic rings. The van der Waals surface area contributed by atoms with Crippen LogP contribution in [0.3, 0.4) is 0 Å². The lowest BCUT2D eigenvalue weighted by Crippen LogP contribution is -2.45. The Labute approximate surface area is 171 Å². The molecule has 2 aromatic carbocycles. The van der Waals surface area contributed by atoms with Crippen LogP contribution in [0.4, 0.5) is 0 Å². The molecule has 9 nitrogen and oxygen atoms in total. The fourth-order valence-corrected chi connectivity index (χ4v) is 3.08. The third-order valence-electron chi connectivity index (χ3n) is 4.55. The summed E-state index contributed by atoms with van der Waals surface area (Å²) in [5, 5.41) is 11.2. The molecule has 1 heterocycles. The summed E-state index contributed by atoms with van der Waals surface area (Å²) in [4.78, 5) is 45.9. The number of carboxylic acid groups (broad SMARTS) is 1. The zero-order valence-corrected chi connectivity index (χ0v) is 15.9. The van der Waals surface area contributed by atoms with Gasteiger partial charge < -0.3 is 25.6 Å². The topological polar surface area (TPSA) is 145 Å². The zero-order valence-electron chi connectivity index (χ0n) is 15.9. The predicted molar refractivity (Wildman–Crippen MR) is 104 cm³/mol. The number of aliphatic carboxylic acids is 1. The van der Waals surface area contributed by atoms with Crippen LogP contribution in [0.25, 0.3) is 0 Å². The molecular weight excluding hydrogens is 392 g/mol. The Morgan fingerprint density at radius 2 is 1.87 bits per heavy atom. The first-order valence-electron chi connectivity index (χ1n) is 9.15. The first-order valence-corrected chi connectivity index (χ1v) is 9.15. The van der Waals surface area contributed by atoms with Gasteiger partial charge in [-0.05, 0) is 29.3 Å². The van der Waals surface area contributed by atoms with Crippen molar-refractivity contribution < 1.29 is 33.8 Å². The number of esters is 1. The molecule has 0 unspecified atom stereocenters. The van der Waals surface area contributed by atoms with Crippen LogP contribution < -0.4 is 15.8 Å². The average molecular weight is 412 g/mol. The van der Waals surface area contributed by atoms with Gasteiger partial charge in [-0.2, -0.15) is 0 Å². The number of cyclic esters (lactones) is 1. The number of nitrogens with two attached hydrogens (primary N) is 1. The van der Waals surface area contributed by atoms with Crippen molar-refractivity contribution in [2.24, 2.45) is 5.73 Å². The molecule has 0 bridgehead atoms. The van der Waals surface area contributed by atoms with Crippen LogP contribution in [0, 0.1) is 0 Å². The molecule has 1 aliphatic heterocycles. The number of carbonyl (C=O) groups excluding carboxylic acids is 3. The van der Waals surface area contributed by atoms with Gasteiger partial charge in [-0.1, -0.05) is 30.3 Å². The summed E-state index contributed by atoms with van der Waals surface area (Å²) >= 11 is 0. The largest absolute Gasteiger partial charge is 0.484 e. The number of nitrogens with one attached hydrogen (secondary N) is 1. The molecule has 2 amide bonds. The Hall–Kier alpha value is -3.88. The van der Waals surface area contributed by atoms with Gasteiger partial charge in [0.25, 0.3) is 5.91 Å². The molecule has 0 aromatic heterocycles. The number of benzene rings is 2. The van der Waals surface area contributed by atoms with Gasteiger partial charge in [-0.25, -0.2) is 9.59 Å². The van der Waals surface area contributed by atoms with Gasteiger partial charge in [0.15, 0.2) is 6.61 Å². The number of hydrogen-bond acceptors (Lipinski definition) is 6. The van der Waals surface area contributed by atoms with Gasteiger partial charge in [0.2, 0.25) is 5.91 Å². The second kappa shape index (κ2) is 9.08. The van der Waals surface area contributed by atoms with Crippen LogP contribution in [0.5, 0.6) is 5.75 Å². The van der Waals surface area contributed by atoms with E-state index in [2.05, 4.69) is 5.32 Å². The summed E-state index contributed by atoms with van der Waals surface area (Å²) in [6.07, 6.45) is -0.380. The number of rotatable bonds is 8. The van der Waals surface area contributed by atoms with Crippen LogP contribution in [0.2, 0.25) is 0 Å². The number of amides is 2. The van der Waals surface area contributed by atoms with E-state index in [9.17, 15) is 19.2 Å². The van der Waals surface area contributed by atoms with E-state index in [0.29, 0.717) is 17.7 Å². The third-order valence-corrected chi connectivity index (χ3v) is 4.55. The highest BCUT2D eigenvalue weighted by atomic mass is 16.5. The Kier molecular flexibility index (Phi) is 6.31. The van der Waals surface area contributed by atoms with E-state index in [0.717, 1.165) is 11.1 Å². The molecule has 0 aliphatic carbocycles. The van der Waals surface area contributed by atoms with E-state index in [1.165, 1.54) is 0 Å². The quantitative estimate of drug-likeness (QED) is 0.548. The van der Waals surface area contributed by atoms with E-state index >= 15 is 0 Å². The summed E-state index contributed by atoms with van der Waals surface area (Å²) in [5.41, 5.74) is 7.23. The number of fused-ring (bicyclic) bond motifs is 1. The molecule has 2 aromatic rings. The summed E-state index contributed by atoms with van der Waals surface area (Å²) in [6.45, 7) is -0.437. The number of carboxylic acids is 1. The minimum absolute atomic E-state index is 0.372. The van der Waals surface area contributed by atoms with Crippen molar-refractivity contribution in [3.05, 3.63) is 65.2 Å². The fourth-order valence-electron chi connectivity index (χ4n) is 3.08. The first-order chi connectivity index (χ1) is 14.3. The monoisotopic (exact) mass is 412 g/mol. The molecule has 9 heteroatoms. The summed E-state index contributed by atoms with van der Waals surface area (Å²) in [7, 11) is 0. The molecule has 156 valence electrons. The summed E-state index contributed by atoms with van der Waals surface area (Å²) in [5.74, 6) is -2.91. The molecule has 0 saturated carbocycles. The van der Waals surface area contributed by atoms with Crippen molar-refractivity contribution in [2.75, 3.05) is 6.61 Å².